The lowest BCUT2D eigenvalue weighted by atomic mass is 10.1. The van der Waals surface area contributed by atoms with E-state index in [1.54, 1.807) is 49.4 Å². The van der Waals surface area contributed by atoms with Gasteiger partial charge in [0.15, 0.2) is 0 Å². The number of carbonyl (C=O) groups is 3. The lowest BCUT2D eigenvalue weighted by Crippen LogP contribution is -2.41. The molecule has 0 aliphatic rings. The van der Waals surface area contributed by atoms with Gasteiger partial charge in [-0.05, 0) is 54.8 Å². The largest absolute Gasteiger partial charge is 0.313 e. The molecular weight excluding hydrogens is 422 g/mol. The first-order chi connectivity index (χ1) is 14.4. The molecule has 0 radical (unpaired) electrons. The predicted octanol–water partition coefficient (Wildman–Crippen LogP) is 4.60. The van der Waals surface area contributed by atoms with Crippen molar-refractivity contribution in [2.24, 2.45) is 0 Å². The van der Waals surface area contributed by atoms with Crippen LogP contribution in [0.2, 0.25) is 5.02 Å². The monoisotopic (exact) mass is 441 g/mol. The summed E-state index contributed by atoms with van der Waals surface area (Å²) in [6.45, 7) is 3.78. The summed E-state index contributed by atoms with van der Waals surface area (Å²) in [5.41, 5.74) is 7.41. The maximum Gasteiger partial charge on any atom is 0.280 e. The first kappa shape index (κ1) is 21.5. The Labute approximate surface area is 183 Å². The number of nitrogens with one attached hydrogen (secondary N) is 3. The van der Waals surface area contributed by atoms with Gasteiger partial charge in [-0.15, -0.1) is 11.3 Å². The van der Waals surface area contributed by atoms with Gasteiger partial charge in [-0.2, -0.15) is 0 Å². The van der Waals surface area contributed by atoms with Crippen LogP contribution in [0, 0.1) is 6.92 Å². The standard InChI is InChI=1S/C22H20ClN3O3S/c1-3-14-8-10-15(11-9-14)20(27)25-26-22(29)19-13(2)12-18(30-19)24-21(28)16-6-4-5-7-17(16)23/h4-12H,3H2,1-2H3,(H,24,28)(H,25,27)(H,26,29). The summed E-state index contributed by atoms with van der Waals surface area (Å²) in [5.74, 6) is -1.24. The SMILES string of the molecule is CCc1ccc(C(=O)NNC(=O)c2sc(NC(=O)c3ccccc3Cl)cc2C)cc1. The normalized spacial score (nSPS) is 10.4. The van der Waals surface area contributed by atoms with Crippen molar-refractivity contribution in [3.8, 4) is 0 Å². The fraction of sp³-hybridized carbons (Fsp3) is 0.136. The number of hydrogen-bond donors (Lipinski definition) is 3. The first-order valence-electron chi connectivity index (χ1n) is 9.25. The van der Waals surface area contributed by atoms with Crippen LogP contribution in [0.5, 0.6) is 0 Å². The summed E-state index contributed by atoms with van der Waals surface area (Å²) in [5, 5.41) is 3.59. The highest BCUT2D eigenvalue weighted by Crippen LogP contribution is 2.27. The van der Waals surface area contributed by atoms with E-state index in [0.717, 1.165) is 23.3 Å². The van der Waals surface area contributed by atoms with E-state index in [4.69, 9.17) is 11.6 Å². The van der Waals surface area contributed by atoms with Crippen LogP contribution in [0.3, 0.4) is 0 Å². The van der Waals surface area contributed by atoms with Crippen LogP contribution in [-0.2, 0) is 6.42 Å². The summed E-state index contributed by atoms with van der Waals surface area (Å²) in [7, 11) is 0. The third-order valence-electron chi connectivity index (χ3n) is 4.39. The summed E-state index contributed by atoms with van der Waals surface area (Å²) in [6, 6.07) is 15.6. The Morgan fingerprint density at radius 3 is 2.27 bits per heavy atom. The zero-order valence-electron chi connectivity index (χ0n) is 16.4. The Kier molecular flexibility index (Phi) is 6.87. The van der Waals surface area contributed by atoms with Crippen LogP contribution in [0.4, 0.5) is 5.00 Å². The number of halogens is 1. The second-order valence-corrected chi connectivity index (χ2v) is 7.97. The third kappa shape index (κ3) is 5.06. The Balaban J connectivity index is 1.62. The third-order valence-corrected chi connectivity index (χ3v) is 5.87. The molecule has 3 amide bonds. The molecule has 0 bridgehead atoms. The van der Waals surface area contributed by atoms with Crippen LogP contribution >= 0.6 is 22.9 Å². The number of amides is 3. The first-order valence-corrected chi connectivity index (χ1v) is 10.4. The van der Waals surface area contributed by atoms with Gasteiger partial charge in [0.1, 0.15) is 0 Å². The number of thiophene rings is 1. The van der Waals surface area contributed by atoms with Gasteiger partial charge in [0, 0.05) is 5.56 Å². The van der Waals surface area contributed by atoms with Gasteiger partial charge < -0.3 is 5.32 Å². The smallest absolute Gasteiger partial charge is 0.280 e. The number of benzene rings is 2. The number of carbonyl (C=O) groups excluding carboxylic acids is 3. The Morgan fingerprint density at radius 2 is 1.60 bits per heavy atom. The van der Waals surface area contributed by atoms with Crippen LogP contribution < -0.4 is 16.2 Å². The molecule has 1 heterocycles. The summed E-state index contributed by atoms with van der Waals surface area (Å²) < 4.78 is 0. The minimum atomic E-state index is -0.464. The van der Waals surface area contributed by atoms with E-state index in [1.807, 2.05) is 19.1 Å². The fourth-order valence-corrected chi connectivity index (χ4v) is 3.91. The molecule has 0 unspecified atom stereocenters. The molecule has 3 aromatic rings. The summed E-state index contributed by atoms with van der Waals surface area (Å²) >= 11 is 7.16. The number of hydrazine groups is 1. The molecule has 30 heavy (non-hydrogen) atoms. The van der Waals surface area contributed by atoms with E-state index in [-0.39, 0.29) is 5.91 Å². The summed E-state index contributed by atoms with van der Waals surface area (Å²) in [4.78, 5) is 37.5. The van der Waals surface area contributed by atoms with E-state index in [9.17, 15) is 14.4 Å². The van der Waals surface area contributed by atoms with Crippen molar-refractivity contribution in [3.63, 3.8) is 0 Å². The van der Waals surface area contributed by atoms with Crippen molar-refractivity contribution in [2.75, 3.05) is 5.32 Å². The predicted molar refractivity (Wildman–Crippen MR) is 119 cm³/mol. The van der Waals surface area contributed by atoms with Gasteiger partial charge in [-0.3, -0.25) is 25.2 Å². The molecule has 0 saturated carbocycles. The molecule has 0 fully saturated rings. The molecule has 8 heteroatoms. The van der Waals surface area contributed by atoms with Crippen molar-refractivity contribution in [1.29, 1.82) is 0 Å². The number of rotatable bonds is 5. The van der Waals surface area contributed by atoms with E-state index >= 15 is 0 Å². The molecule has 0 spiro atoms. The second-order valence-electron chi connectivity index (χ2n) is 6.52. The molecule has 0 atom stereocenters. The zero-order valence-corrected chi connectivity index (χ0v) is 18.0. The van der Waals surface area contributed by atoms with Crippen LogP contribution in [0.15, 0.2) is 54.6 Å². The Morgan fingerprint density at radius 1 is 0.933 bits per heavy atom. The van der Waals surface area contributed by atoms with Gasteiger partial charge >= 0.3 is 0 Å². The van der Waals surface area contributed by atoms with Gasteiger partial charge in [-0.1, -0.05) is 42.8 Å². The lowest BCUT2D eigenvalue weighted by Gasteiger charge is -2.07. The Hall–Kier alpha value is -3.16. The molecule has 0 aliphatic carbocycles. The zero-order chi connectivity index (χ0) is 21.7. The van der Waals surface area contributed by atoms with Gasteiger partial charge in [0.05, 0.1) is 20.5 Å². The van der Waals surface area contributed by atoms with E-state index in [2.05, 4.69) is 16.2 Å². The average Bonchev–Trinajstić information content (AvgIpc) is 3.12. The molecule has 1 aromatic heterocycles. The molecule has 154 valence electrons. The highest BCUT2D eigenvalue weighted by molar-refractivity contribution is 7.18. The maximum absolute atomic E-state index is 12.5. The molecule has 3 N–H and O–H groups in total. The van der Waals surface area contributed by atoms with Crippen LogP contribution in [0.1, 0.15) is 48.4 Å². The number of aryl methyl sites for hydroxylation is 2. The van der Waals surface area contributed by atoms with Crippen molar-refractivity contribution in [1.82, 2.24) is 10.9 Å². The van der Waals surface area contributed by atoms with Crippen molar-refractivity contribution >= 4 is 45.7 Å². The molecular formula is C22H20ClN3O3S. The van der Waals surface area contributed by atoms with E-state index < -0.39 is 11.8 Å². The summed E-state index contributed by atoms with van der Waals surface area (Å²) in [6.07, 6.45) is 0.881. The quantitative estimate of drug-likeness (QED) is 0.505. The minimum Gasteiger partial charge on any atom is -0.313 e. The highest BCUT2D eigenvalue weighted by Gasteiger charge is 2.17. The van der Waals surface area contributed by atoms with Gasteiger partial charge in [-0.25, -0.2) is 0 Å². The van der Waals surface area contributed by atoms with Gasteiger partial charge in [0.2, 0.25) is 0 Å². The van der Waals surface area contributed by atoms with Crippen molar-refractivity contribution in [3.05, 3.63) is 86.8 Å². The number of hydrogen-bond acceptors (Lipinski definition) is 4. The van der Waals surface area contributed by atoms with Crippen molar-refractivity contribution < 1.29 is 14.4 Å². The highest BCUT2D eigenvalue weighted by atomic mass is 35.5. The van der Waals surface area contributed by atoms with Crippen LogP contribution in [0.25, 0.3) is 0 Å². The molecule has 6 nitrogen and oxygen atoms in total. The molecule has 0 aliphatic heterocycles. The molecule has 2 aromatic carbocycles. The minimum absolute atomic E-state index is 0.343. The van der Waals surface area contributed by atoms with E-state index in [0.29, 0.717) is 31.6 Å². The van der Waals surface area contributed by atoms with Crippen LogP contribution in [-0.4, -0.2) is 17.7 Å². The second kappa shape index (κ2) is 9.56. The van der Waals surface area contributed by atoms with Crippen molar-refractivity contribution in [2.45, 2.75) is 20.3 Å². The molecule has 3 rings (SSSR count). The number of anilines is 1. The molecule has 0 saturated heterocycles. The lowest BCUT2D eigenvalue weighted by molar-refractivity contribution is 0.0848. The Bertz CT molecular complexity index is 1090. The van der Waals surface area contributed by atoms with Gasteiger partial charge in [0.25, 0.3) is 17.7 Å². The average molecular weight is 442 g/mol. The van der Waals surface area contributed by atoms with E-state index in [1.165, 1.54) is 0 Å². The maximum atomic E-state index is 12.5. The fourth-order valence-electron chi connectivity index (χ4n) is 2.73. The topological polar surface area (TPSA) is 87.3 Å².